The van der Waals surface area contributed by atoms with Gasteiger partial charge in [0, 0.05) is 5.69 Å². The normalized spacial score (nSPS) is 20.7. The lowest BCUT2D eigenvalue weighted by atomic mass is 9.89. The summed E-state index contributed by atoms with van der Waals surface area (Å²) in [6.07, 6.45) is 5.35. The fourth-order valence-electron chi connectivity index (χ4n) is 3.35. The van der Waals surface area contributed by atoms with E-state index in [2.05, 4.69) is 45.0 Å². The van der Waals surface area contributed by atoms with E-state index in [9.17, 15) is 0 Å². The van der Waals surface area contributed by atoms with Crippen LogP contribution in [0.15, 0.2) is 36.4 Å². The summed E-state index contributed by atoms with van der Waals surface area (Å²) in [4.78, 5) is 0. The molecule has 1 saturated carbocycles. The van der Waals surface area contributed by atoms with Crippen molar-refractivity contribution in [1.29, 1.82) is 0 Å². The smallest absolute Gasteiger partial charge is 0.200 e. The first-order valence-electron chi connectivity index (χ1n) is 8.79. The number of tetrazole rings is 1. The van der Waals surface area contributed by atoms with Gasteiger partial charge in [0.2, 0.25) is 0 Å². The number of aromatic nitrogens is 5. The molecule has 4 rings (SSSR count). The third-order valence-electron chi connectivity index (χ3n) is 4.64. The summed E-state index contributed by atoms with van der Waals surface area (Å²) in [5.74, 6) is 1.47. The Bertz CT molecular complexity index is 848. The van der Waals surface area contributed by atoms with Gasteiger partial charge in [-0.2, -0.15) is 0 Å². The Hall–Kier alpha value is -2.54. The first kappa shape index (κ1) is 16.0. The molecule has 7 nitrogen and oxygen atoms in total. The number of benzene rings is 1. The fraction of sp³-hybridized carbons (Fsp3) is 0.444. The molecule has 1 N–H and O–H groups in total. The number of nitrogens with zero attached hydrogens (tertiary/aromatic N) is 5. The van der Waals surface area contributed by atoms with Crippen LogP contribution in [0.5, 0.6) is 0 Å². The summed E-state index contributed by atoms with van der Waals surface area (Å²) in [5, 5.41) is 18.9. The summed E-state index contributed by atoms with van der Waals surface area (Å²) in [7, 11) is 0. The van der Waals surface area contributed by atoms with E-state index in [1.165, 1.54) is 30.3 Å². The van der Waals surface area contributed by atoms with Crippen LogP contribution in [0.2, 0.25) is 0 Å². The number of ether oxygens (including phenoxy) is 1. The highest BCUT2D eigenvalue weighted by atomic mass is 16.5. The van der Waals surface area contributed by atoms with Crippen molar-refractivity contribution >= 4 is 17.2 Å². The van der Waals surface area contributed by atoms with Gasteiger partial charge in [-0.05, 0) is 59.0 Å². The van der Waals surface area contributed by atoms with E-state index in [0.717, 1.165) is 17.2 Å². The zero-order chi connectivity index (χ0) is 17.1. The minimum atomic E-state index is 0.393. The highest BCUT2D eigenvalue weighted by molar-refractivity contribution is 5.57. The van der Waals surface area contributed by atoms with Gasteiger partial charge in [0.05, 0.1) is 12.7 Å². The monoisotopic (exact) mass is 338 g/mol. The molecule has 0 radical (unpaired) electrons. The molecule has 3 aromatic rings. The lowest BCUT2D eigenvalue weighted by Crippen LogP contribution is -2.21. The Labute approximate surface area is 146 Å². The maximum atomic E-state index is 6.12. The zero-order valence-electron chi connectivity index (χ0n) is 14.3. The van der Waals surface area contributed by atoms with Crippen molar-refractivity contribution in [2.75, 3.05) is 5.32 Å². The van der Waals surface area contributed by atoms with E-state index in [1.807, 2.05) is 24.3 Å². The number of nitrogens with one attached hydrogen (secondary N) is 1. The molecule has 1 aliphatic carbocycles. The van der Waals surface area contributed by atoms with Gasteiger partial charge in [-0.3, -0.25) is 0 Å². The van der Waals surface area contributed by atoms with Crippen LogP contribution in [0.3, 0.4) is 0 Å². The average Bonchev–Trinajstić information content (AvgIpc) is 3.08. The lowest BCUT2D eigenvalue weighted by Gasteiger charge is -2.26. The maximum absolute atomic E-state index is 6.12. The first-order chi connectivity index (χ1) is 12.3. The second kappa shape index (κ2) is 7.14. The molecule has 2 heterocycles. The van der Waals surface area contributed by atoms with Gasteiger partial charge in [0.15, 0.2) is 11.5 Å². The molecule has 1 aromatic carbocycles. The molecule has 130 valence electrons. The zero-order valence-corrected chi connectivity index (χ0v) is 14.3. The van der Waals surface area contributed by atoms with Crippen molar-refractivity contribution in [3.05, 3.63) is 42.0 Å². The summed E-state index contributed by atoms with van der Waals surface area (Å²) in [5.41, 5.74) is 2.75. The van der Waals surface area contributed by atoms with Crippen LogP contribution in [0.4, 0.5) is 11.5 Å². The molecule has 1 aliphatic rings. The molecule has 0 aliphatic heterocycles. The van der Waals surface area contributed by atoms with Crippen LogP contribution < -0.4 is 5.32 Å². The largest absolute Gasteiger partial charge is 0.374 e. The van der Waals surface area contributed by atoms with Crippen molar-refractivity contribution in [3.8, 4) is 0 Å². The molecule has 1 fully saturated rings. The van der Waals surface area contributed by atoms with Gasteiger partial charge in [0.1, 0.15) is 0 Å². The molecule has 2 atom stereocenters. The van der Waals surface area contributed by atoms with Crippen LogP contribution in [-0.4, -0.2) is 31.4 Å². The minimum absolute atomic E-state index is 0.393. The van der Waals surface area contributed by atoms with Gasteiger partial charge >= 0.3 is 0 Å². The molecular formula is C18H22N6O. The maximum Gasteiger partial charge on any atom is 0.200 e. The predicted molar refractivity (Wildman–Crippen MR) is 94.5 cm³/mol. The van der Waals surface area contributed by atoms with Crippen LogP contribution >= 0.6 is 0 Å². The minimum Gasteiger partial charge on any atom is -0.374 e. The quantitative estimate of drug-likeness (QED) is 0.769. The standard InChI is InChI=1S/C18H22N6O/c1-13-4-2-7-16(10-13)25-12-14-5-3-6-15(11-14)19-17-8-9-18-20-22-23-24(18)21-17/h3,5-6,8-9,11,13,16H,2,4,7,10,12H2,1H3,(H,19,21)/t13-,16+/m0/s1. The van der Waals surface area contributed by atoms with Gasteiger partial charge in [-0.15, -0.1) is 14.8 Å². The molecule has 0 amide bonds. The molecule has 0 spiro atoms. The second-order valence-corrected chi connectivity index (χ2v) is 6.78. The fourth-order valence-corrected chi connectivity index (χ4v) is 3.35. The Morgan fingerprint density at radius 2 is 2.20 bits per heavy atom. The Kier molecular flexibility index (Phi) is 4.56. The number of anilines is 2. The topological polar surface area (TPSA) is 77.2 Å². The Morgan fingerprint density at radius 3 is 3.12 bits per heavy atom. The van der Waals surface area contributed by atoms with Crippen LogP contribution in [0.1, 0.15) is 38.2 Å². The van der Waals surface area contributed by atoms with E-state index >= 15 is 0 Å². The van der Waals surface area contributed by atoms with Crippen molar-refractivity contribution in [2.45, 2.75) is 45.3 Å². The summed E-state index contributed by atoms with van der Waals surface area (Å²) in [6.45, 7) is 2.96. The van der Waals surface area contributed by atoms with Crippen molar-refractivity contribution in [3.63, 3.8) is 0 Å². The van der Waals surface area contributed by atoms with Gasteiger partial charge in [-0.25, -0.2) is 0 Å². The summed E-state index contributed by atoms with van der Waals surface area (Å²) >= 11 is 0. The second-order valence-electron chi connectivity index (χ2n) is 6.78. The number of hydrogen-bond donors (Lipinski definition) is 1. The Morgan fingerprint density at radius 1 is 1.24 bits per heavy atom. The van der Waals surface area contributed by atoms with Gasteiger partial charge in [-0.1, -0.05) is 31.9 Å². The van der Waals surface area contributed by atoms with Crippen LogP contribution in [-0.2, 0) is 11.3 Å². The molecule has 7 heteroatoms. The third kappa shape index (κ3) is 3.93. The predicted octanol–water partition coefficient (Wildman–Crippen LogP) is 3.36. The summed E-state index contributed by atoms with van der Waals surface area (Å²) < 4.78 is 7.52. The molecule has 2 aromatic heterocycles. The number of fused-ring (bicyclic) bond motifs is 1. The molecule has 25 heavy (non-hydrogen) atoms. The van der Waals surface area contributed by atoms with E-state index in [1.54, 1.807) is 0 Å². The van der Waals surface area contributed by atoms with Gasteiger partial charge in [0.25, 0.3) is 0 Å². The van der Waals surface area contributed by atoms with E-state index in [4.69, 9.17) is 4.74 Å². The molecule has 0 bridgehead atoms. The van der Waals surface area contributed by atoms with E-state index in [0.29, 0.717) is 24.2 Å². The number of hydrogen-bond acceptors (Lipinski definition) is 6. The van der Waals surface area contributed by atoms with E-state index < -0.39 is 0 Å². The van der Waals surface area contributed by atoms with Gasteiger partial charge < -0.3 is 10.1 Å². The highest BCUT2D eigenvalue weighted by Gasteiger charge is 2.19. The average molecular weight is 338 g/mol. The molecule has 0 saturated heterocycles. The summed E-state index contributed by atoms with van der Waals surface area (Å²) in [6, 6.07) is 11.9. The van der Waals surface area contributed by atoms with Crippen molar-refractivity contribution < 1.29 is 4.74 Å². The van der Waals surface area contributed by atoms with Crippen LogP contribution in [0.25, 0.3) is 5.65 Å². The molecular weight excluding hydrogens is 316 g/mol. The van der Waals surface area contributed by atoms with Crippen LogP contribution in [0, 0.1) is 5.92 Å². The number of rotatable bonds is 5. The van der Waals surface area contributed by atoms with E-state index in [-0.39, 0.29) is 0 Å². The molecule has 0 unspecified atom stereocenters. The highest BCUT2D eigenvalue weighted by Crippen LogP contribution is 2.26. The SMILES string of the molecule is C[C@H]1CCC[C@@H](OCc2cccc(Nc3ccc4nnnn4n3)c2)C1. The lowest BCUT2D eigenvalue weighted by molar-refractivity contribution is 0.00469. The van der Waals surface area contributed by atoms with Crippen molar-refractivity contribution in [2.24, 2.45) is 5.92 Å². The Balaban J connectivity index is 1.40. The third-order valence-corrected chi connectivity index (χ3v) is 4.64. The first-order valence-corrected chi connectivity index (χ1v) is 8.79. The van der Waals surface area contributed by atoms with Crippen molar-refractivity contribution in [1.82, 2.24) is 25.3 Å².